The summed E-state index contributed by atoms with van der Waals surface area (Å²) in [5, 5.41) is 22.1. The highest BCUT2D eigenvalue weighted by molar-refractivity contribution is 7.18. The number of carbonyl (C=O) groups is 1. The van der Waals surface area contributed by atoms with E-state index in [0.29, 0.717) is 75.7 Å². The molecule has 0 atom stereocenters. The van der Waals surface area contributed by atoms with Gasteiger partial charge in [0.2, 0.25) is 0 Å². The molecule has 0 unspecified atom stereocenters. The molecule has 13 heteroatoms. The smallest absolute Gasteiger partial charge is 0.338 e. The molecule has 2 aliphatic heterocycles. The van der Waals surface area contributed by atoms with Crippen molar-refractivity contribution in [2.75, 3.05) is 31.1 Å². The zero-order chi connectivity index (χ0) is 32.8. The number of aromatic carboxylic acids is 1. The molecule has 5 aromatic rings. The number of pyridine rings is 2. The number of hydrogen-bond donors (Lipinski definition) is 1. The quantitative estimate of drug-likeness (QED) is 0.249. The first-order valence-electron chi connectivity index (χ1n) is 15.0. The molecule has 0 spiro atoms. The van der Waals surface area contributed by atoms with Gasteiger partial charge in [-0.1, -0.05) is 23.4 Å². The molecule has 0 saturated carbocycles. The van der Waals surface area contributed by atoms with E-state index in [1.807, 2.05) is 4.90 Å². The summed E-state index contributed by atoms with van der Waals surface area (Å²) >= 11 is 7.66. The predicted octanol–water partition coefficient (Wildman–Crippen LogP) is 5.27. The van der Waals surface area contributed by atoms with Crippen molar-refractivity contribution in [2.24, 2.45) is 0 Å². The molecule has 4 aromatic heterocycles. The number of likely N-dealkylation sites (tertiary alicyclic amines) is 1. The summed E-state index contributed by atoms with van der Waals surface area (Å²) in [5.41, 5.74) is 2.77. The number of nitrogens with zero attached hydrogens (tertiary/aromatic N) is 7. The first-order chi connectivity index (χ1) is 22.7. The summed E-state index contributed by atoms with van der Waals surface area (Å²) in [6.45, 7) is 3.99. The third-order valence-electron chi connectivity index (χ3n) is 8.84. The Bertz CT molecular complexity index is 2240. The number of piperidine rings is 1. The lowest BCUT2D eigenvalue weighted by Gasteiger charge is -2.44. The molecule has 0 radical (unpaired) electrons. The van der Waals surface area contributed by atoms with Crippen molar-refractivity contribution in [1.29, 1.82) is 5.26 Å². The number of thiophene rings is 1. The van der Waals surface area contributed by atoms with Crippen molar-refractivity contribution in [2.45, 2.75) is 38.5 Å². The molecule has 0 amide bonds. The van der Waals surface area contributed by atoms with Gasteiger partial charge in [0.1, 0.15) is 29.4 Å². The summed E-state index contributed by atoms with van der Waals surface area (Å²) < 4.78 is 15.5. The molecule has 236 valence electrons. The average Bonchev–Trinajstić information content (AvgIpc) is 3.50. The van der Waals surface area contributed by atoms with E-state index < -0.39 is 12.1 Å². The Kier molecular flexibility index (Phi) is 8.10. The number of hydrogen-bond acceptors (Lipinski definition) is 9. The lowest BCUT2D eigenvalue weighted by molar-refractivity contribution is 0.0187. The Morgan fingerprint density at radius 2 is 1.98 bits per heavy atom. The number of benzene rings is 1. The molecule has 6 heterocycles. The van der Waals surface area contributed by atoms with Gasteiger partial charge in [-0.2, -0.15) is 5.26 Å². The lowest BCUT2D eigenvalue weighted by atomic mass is 9.98. The van der Waals surface area contributed by atoms with Crippen LogP contribution in [-0.2, 0) is 6.54 Å². The maximum Gasteiger partial charge on any atom is 0.338 e. The zero-order valence-electron chi connectivity index (χ0n) is 25.2. The van der Waals surface area contributed by atoms with E-state index in [4.69, 9.17) is 11.6 Å². The number of aryl methyl sites for hydroxylation is 1. The van der Waals surface area contributed by atoms with E-state index in [2.05, 4.69) is 37.8 Å². The van der Waals surface area contributed by atoms with E-state index in [0.717, 1.165) is 18.4 Å². The van der Waals surface area contributed by atoms with Crippen molar-refractivity contribution >= 4 is 55.8 Å². The molecular weight excluding hydrogens is 641 g/mol. The monoisotopic (exact) mass is 667 g/mol. The van der Waals surface area contributed by atoms with Crippen molar-refractivity contribution < 1.29 is 14.3 Å². The molecule has 47 heavy (non-hydrogen) atoms. The molecule has 7 rings (SSSR count). The van der Waals surface area contributed by atoms with Gasteiger partial charge in [-0.3, -0.25) is 19.2 Å². The molecular formula is C34H27ClFN7O3S. The third kappa shape index (κ3) is 5.59. The van der Waals surface area contributed by atoms with Gasteiger partial charge in [0, 0.05) is 65.5 Å². The molecule has 2 saturated heterocycles. The van der Waals surface area contributed by atoms with Crippen LogP contribution in [-0.4, -0.2) is 73.9 Å². The summed E-state index contributed by atoms with van der Waals surface area (Å²) in [5.74, 6) is 6.09. The largest absolute Gasteiger partial charge is 0.478 e. The molecule has 2 aliphatic rings. The van der Waals surface area contributed by atoms with E-state index in [-0.39, 0.29) is 28.6 Å². The molecule has 0 bridgehead atoms. The maximum atomic E-state index is 13.9. The van der Waals surface area contributed by atoms with E-state index >= 15 is 0 Å². The SMILES string of the molecule is Cc1nc2cnc(N3CCC(N4CC(F)C4)CC3)c(C#N)c2c(=O)n1CC#Cc1ccc(Cl)cc1-c1ccnc2c(C(=O)O)csc12. The second-order valence-corrected chi connectivity index (χ2v) is 12.9. The number of alkyl halides is 1. The van der Waals surface area contributed by atoms with Gasteiger partial charge >= 0.3 is 5.97 Å². The van der Waals surface area contributed by atoms with Crippen LogP contribution in [0.3, 0.4) is 0 Å². The maximum absolute atomic E-state index is 13.9. The topological polar surface area (TPSA) is 128 Å². The van der Waals surface area contributed by atoms with Crippen LogP contribution in [0.4, 0.5) is 10.2 Å². The molecule has 10 nitrogen and oxygen atoms in total. The van der Waals surface area contributed by atoms with Gasteiger partial charge in [0.25, 0.3) is 5.56 Å². The third-order valence-corrected chi connectivity index (χ3v) is 10.1. The van der Waals surface area contributed by atoms with Crippen LogP contribution in [0.15, 0.2) is 46.8 Å². The van der Waals surface area contributed by atoms with Gasteiger partial charge in [-0.25, -0.2) is 19.2 Å². The zero-order valence-corrected chi connectivity index (χ0v) is 26.8. The van der Waals surface area contributed by atoms with Gasteiger partial charge in [-0.05, 0) is 44.0 Å². The standard InChI is InChI=1S/C34H27ClFN7O3S/c1-19-40-28-15-39-32(41-11-7-23(8-12-41)42-16-22(36)17-42)26(14-37)29(28)33(44)43(19)10-2-3-20-4-5-21(35)13-25(20)24-6-9-38-30-27(34(45)46)18-47-31(24)30/h4-6,9,13,15,18,22-23H,7-8,10-12,16-17H2,1H3,(H,45,46). The van der Waals surface area contributed by atoms with Gasteiger partial charge in [0.05, 0.1) is 39.4 Å². The number of carboxylic acids is 1. The summed E-state index contributed by atoms with van der Waals surface area (Å²) in [6.07, 6.45) is 4.01. The van der Waals surface area contributed by atoms with Crippen LogP contribution in [0.1, 0.15) is 40.2 Å². The highest BCUT2D eigenvalue weighted by Crippen LogP contribution is 2.36. The first kappa shape index (κ1) is 30.8. The molecule has 2 fully saturated rings. The second kappa shape index (κ2) is 12.4. The van der Waals surface area contributed by atoms with Crippen LogP contribution < -0.4 is 10.5 Å². The lowest BCUT2D eigenvalue weighted by Crippen LogP contribution is -2.56. The number of rotatable bonds is 5. The number of carboxylic acid groups (broad SMARTS) is 1. The average molecular weight is 668 g/mol. The van der Waals surface area contributed by atoms with Crippen molar-refractivity contribution in [1.82, 2.24) is 24.4 Å². The summed E-state index contributed by atoms with van der Waals surface area (Å²) in [7, 11) is 0. The van der Waals surface area contributed by atoms with Crippen LogP contribution in [0, 0.1) is 30.1 Å². The molecule has 1 aromatic carbocycles. The Hall–Kier alpha value is -4.88. The van der Waals surface area contributed by atoms with Crippen LogP contribution >= 0.6 is 22.9 Å². The normalized spacial score (nSPS) is 15.7. The van der Waals surface area contributed by atoms with Crippen molar-refractivity contribution in [3.8, 4) is 29.0 Å². The van der Waals surface area contributed by atoms with Crippen LogP contribution in [0.25, 0.3) is 32.2 Å². The highest BCUT2D eigenvalue weighted by atomic mass is 35.5. The number of halogens is 2. The summed E-state index contributed by atoms with van der Waals surface area (Å²) in [4.78, 5) is 43.2. The Labute approximate surface area is 277 Å². The minimum Gasteiger partial charge on any atom is -0.478 e. The number of nitriles is 1. The molecule has 0 aliphatic carbocycles. The minimum absolute atomic E-state index is 0.0168. The fourth-order valence-corrected chi connectivity index (χ4v) is 7.60. The minimum atomic E-state index is -1.05. The van der Waals surface area contributed by atoms with Crippen LogP contribution in [0.5, 0.6) is 0 Å². The van der Waals surface area contributed by atoms with E-state index in [1.165, 1.54) is 15.9 Å². The number of aromatic nitrogens is 4. The Morgan fingerprint density at radius 3 is 2.70 bits per heavy atom. The van der Waals surface area contributed by atoms with Crippen molar-refractivity contribution in [3.63, 3.8) is 0 Å². The summed E-state index contributed by atoms with van der Waals surface area (Å²) in [6, 6.07) is 9.59. The van der Waals surface area contributed by atoms with Gasteiger partial charge in [0.15, 0.2) is 0 Å². The van der Waals surface area contributed by atoms with E-state index in [9.17, 15) is 24.3 Å². The van der Waals surface area contributed by atoms with Crippen LogP contribution in [0.2, 0.25) is 5.02 Å². The van der Waals surface area contributed by atoms with Gasteiger partial charge in [-0.15, -0.1) is 11.3 Å². The highest BCUT2D eigenvalue weighted by Gasteiger charge is 2.35. The fraction of sp³-hybridized carbons (Fsp3) is 0.294. The Balaban J connectivity index is 1.21. The predicted molar refractivity (Wildman–Crippen MR) is 179 cm³/mol. The molecule has 1 N–H and O–H groups in total. The first-order valence-corrected chi connectivity index (χ1v) is 16.3. The van der Waals surface area contributed by atoms with Gasteiger partial charge < -0.3 is 10.0 Å². The van der Waals surface area contributed by atoms with Crippen molar-refractivity contribution in [3.05, 3.63) is 79.9 Å². The number of anilines is 1. The fourth-order valence-electron chi connectivity index (χ4n) is 6.40. The number of fused-ring (bicyclic) bond motifs is 2. The second-order valence-electron chi connectivity index (χ2n) is 11.6. The Morgan fingerprint density at radius 1 is 1.19 bits per heavy atom. The van der Waals surface area contributed by atoms with E-state index in [1.54, 1.807) is 49.0 Å².